The highest BCUT2D eigenvalue weighted by Crippen LogP contribution is 2.29. The van der Waals surface area contributed by atoms with Crippen molar-refractivity contribution in [3.8, 4) is 5.75 Å². The molecule has 25 heavy (non-hydrogen) atoms. The maximum absolute atomic E-state index is 13.2. The molecule has 0 bridgehead atoms. The molecule has 2 rings (SSSR count). The third-order valence-corrected chi connectivity index (χ3v) is 3.37. The Morgan fingerprint density at radius 2 is 1.80 bits per heavy atom. The zero-order chi connectivity index (χ0) is 18.6. The summed E-state index contributed by atoms with van der Waals surface area (Å²) in [7, 11) is 0. The van der Waals surface area contributed by atoms with E-state index in [0.29, 0.717) is 0 Å². The van der Waals surface area contributed by atoms with Crippen molar-refractivity contribution in [2.45, 2.75) is 6.61 Å². The van der Waals surface area contributed by atoms with Crippen molar-refractivity contribution in [2.24, 2.45) is 0 Å². The van der Waals surface area contributed by atoms with Gasteiger partial charge in [-0.1, -0.05) is 23.2 Å². The van der Waals surface area contributed by atoms with Crippen molar-refractivity contribution in [3.63, 3.8) is 0 Å². The Kier molecular flexibility index (Phi) is 6.11. The fourth-order valence-electron chi connectivity index (χ4n) is 1.79. The predicted molar refractivity (Wildman–Crippen MR) is 86.0 cm³/mol. The zero-order valence-corrected chi connectivity index (χ0v) is 13.7. The molecule has 0 fully saturated rings. The largest absolute Gasteiger partial charge is 0.433 e. The Bertz CT molecular complexity index is 819. The smallest absolute Gasteiger partial charge is 0.387 e. The number of urea groups is 1. The van der Waals surface area contributed by atoms with Gasteiger partial charge in [0.2, 0.25) is 0 Å². The van der Waals surface area contributed by atoms with E-state index >= 15 is 0 Å². The summed E-state index contributed by atoms with van der Waals surface area (Å²) in [6.45, 7) is -3.14. The van der Waals surface area contributed by atoms with E-state index in [1.165, 1.54) is 12.1 Å². The number of rotatable bonds is 4. The van der Waals surface area contributed by atoms with Crippen LogP contribution in [0.3, 0.4) is 0 Å². The van der Waals surface area contributed by atoms with E-state index in [9.17, 15) is 22.8 Å². The van der Waals surface area contributed by atoms with Crippen LogP contribution in [0.25, 0.3) is 0 Å². The molecule has 0 heterocycles. The summed E-state index contributed by atoms with van der Waals surface area (Å²) in [5, 5.41) is 4.08. The van der Waals surface area contributed by atoms with Gasteiger partial charge in [-0.15, -0.1) is 0 Å². The van der Waals surface area contributed by atoms with Crippen LogP contribution in [-0.4, -0.2) is 18.5 Å². The Balaban J connectivity index is 2.12. The quantitative estimate of drug-likeness (QED) is 0.792. The van der Waals surface area contributed by atoms with Crippen molar-refractivity contribution in [1.82, 2.24) is 5.32 Å². The lowest BCUT2D eigenvalue weighted by Gasteiger charge is -2.13. The Labute approximate surface area is 149 Å². The minimum absolute atomic E-state index is 0.0695. The number of nitrogens with one attached hydrogen (secondary N) is 2. The van der Waals surface area contributed by atoms with Gasteiger partial charge in [0, 0.05) is 11.1 Å². The van der Waals surface area contributed by atoms with E-state index in [1.807, 2.05) is 5.32 Å². The highest BCUT2D eigenvalue weighted by molar-refractivity contribution is 6.34. The lowest BCUT2D eigenvalue weighted by molar-refractivity contribution is -0.0493. The van der Waals surface area contributed by atoms with Crippen LogP contribution in [0.4, 0.5) is 23.7 Å². The molecule has 0 unspecified atom stereocenters. The summed E-state index contributed by atoms with van der Waals surface area (Å²) in [6, 6.07) is 5.57. The van der Waals surface area contributed by atoms with Crippen LogP contribution in [0.15, 0.2) is 36.4 Å². The van der Waals surface area contributed by atoms with Crippen LogP contribution < -0.4 is 15.4 Å². The number of imide groups is 1. The molecule has 2 aromatic rings. The summed E-state index contributed by atoms with van der Waals surface area (Å²) in [5.41, 5.74) is -0.419. The number of alkyl halides is 2. The molecule has 10 heteroatoms. The average Bonchev–Trinajstić information content (AvgIpc) is 2.51. The molecule has 0 aliphatic carbocycles. The van der Waals surface area contributed by atoms with Gasteiger partial charge in [-0.3, -0.25) is 10.1 Å². The van der Waals surface area contributed by atoms with Gasteiger partial charge >= 0.3 is 12.6 Å². The Morgan fingerprint density at radius 3 is 2.48 bits per heavy atom. The second-order valence-corrected chi connectivity index (χ2v) is 5.40. The molecule has 0 aliphatic heterocycles. The number of halogens is 5. The maximum atomic E-state index is 13.2. The fraction of sp³-hybridized carbons (Fsp3) is 0.0667. The molecule has 0 radical (unpaired) electrons. The minimum Gasteiger partial charge on any atom is -0.433 e. The fourth-order valence-corrected chi connectivity index (χ4v) is 2.15. The predicted octanol–water partition coefficient (Wildman–Crippen LogP) is 4.70. The van der Waals surface area contributed by atoms with Gasteiger partial charge in [-0.05, 0) is 30.3 Å². The Hall–Kier alpha value is -2.45. The minimum atomic E-state index is -3.14. The van der Waals surface area contributed by atoms with E-state index in [0.717, 1.165) is 24.3 Å². The summed E-state index contributed by atoms with van der Waals surface area (Å²) >= 11 is 11.4. The van der Waals surface area contributed by atoms with E-state index in [4.69, 9.17) is 23.2 Å². The van der Waals surface area contributed by atoms with Crippen LogP contribution in [-0.2, 0) is 0 Å². The van der Waals surface area contributed by atoms with Gasteiger partial charge in [0.15, 0.2) is 5.75 Å². The monoisotopic (exact) mass is 392 g/mol. The highest BCUT2D eigenvalue weighted by atomic mass is 35.5. The molecular formula is C15H9Cl2F3N2O3. The van der Waals surface area contributed by atoms with Crippen LogP contribution in [0, 0.1) is 5.82 Å². The molecular weight excluding hydrogens is 384 g/mol. The van der Waals surface area contributed by atoms with E-state index in [-0.39, 0.29) is 21.3 Å². The standard InChI is InChI=1S/C15H9Cl2F3N2O3/c16-7-1-4-11(12(5-7)25-14(19)20)21-15(24)22-13(23)9-6-8(18)2-3-10(9)17/h1-6,14H,(H2,21,22,23,24). The third kappa shape index (κ3) is 5.27. The third-order valence-electron chi connectivity index (χ3n) is 2.81. The number of carbonyl (C=O) groups excluding carboxylic acids is 2. The highest BCUT2D eigenvalue weighted by Gasteiger charge is 2.17. The van der Waals surface area contributed by atoms with Crippen LogP contribution in [0.1, 0.15) is 10.4 Å². The van der Waals surface area contributed by atoms with E-state index in [1.54, 1.807) is 0 Å². The molecule has 132 valence electrons. The molecule has 0 saturated carbocycles. The molecule has 5 nitrogen and oxygen atoms in total. The number of benzene rings is 2. The first-order chi connectivity index (χ1) is 11.8. The first-order valence-electron chi connectivity index (χ1n) is 6.58. The van der Waals surface area contributed by atoms with Crippen molar-refractivity contribution in [3.05, 3.63) is 57.8 Å². The number of hydrogen-bond acceptors (Lipinski definition) is 3. The van der Waals surface area contributed by atoms with E-state index in [2.05, 4.69) is 10.1 Å². The van der Waals surface area contributed by atoms with Crippen molar-refractivity contribution >= 4 is 40.8 Å². The van der Waals surface area contributed by atoms with Crippen molar-refractivity contribution in [1.29, 1.82) is 0 Å². The number of ether oxygens (including phenoxy) is 1. The topological polar surface area (TPSA) is 67.4 Å². The molecule has 0 atom stereocenters. The van der Waals surface area contributed by atoms with Gasteiger partial charge in [0.05, 0.1) is 16.3 Å². The molecule has 0 saturated heterocycles. The Morgan fingerprint density at radius 1 is 1.08 bits per heavy atom. The van der Waals surface area contributed by atoms with Gasteiger partial charge in [0.25, 0.3) is 5.91 Å². The SMILES string of the molecule is O=C(NC(=O)c1cc(F)ccc1Cl)Nc1ccc(Cl)cc1OC(F)F. The van der Waals surface area contributed by atoms with Gasteiger partial charge in [-0.25, -0.2) is 9.18 Å². The molecule has 0 aliphatic rings. The molecule has 2 N–H and O–H groups in total. The molecule has 3 amide bonds. The number of anilines is 1. The van der Waals surface area contributed by atoms with Crippen LogP contribution >= 0.6 is 23.2 Å². The van der Waals surface area contributed by atoms with Gasteiger partial charge in [-0.2, -0.15) is 8.78 Å². The second-order valence-electron chi connectivity index (χ2n) is 4.55. The first-order valence-corrected chi connectivity index (χ1v) is 7.33. The zero-order valence-electron chi connectivity index (χ0n) is 12.2. The number of hydrogen-bond donors (Lipinski definition) is 2. The normalized spacial score (nSPS) is 10.5. The molecule has 0 aromatic heterocycles. The van der Waals surface area contributed by atoms with Crippen molar-refractivity contribution < 1.29 is 27.5 Å². The van der Waals surface area contributed by atoms with Crippen LogP contribution in [0.2, 0.25) is 10.0 Å². The van der Waals surface area contributed by atoms with Crippen LogP contribution in [0.5, 0.6) is 5.75 Å². The molecule has 0 spiro atoms. The average molecular weight is 393 g/mol. The van der Waals surface area contributed by atoms with Gasteiger partial charge < -0.3 is 10.1 Å². The summed E-state index contributed by atoms with van der Waals surface area (Å²) in [6.07, 6.45) is 0. The van der Waals surface area contributed by atoms with Crippen molar-refractivity contribution in [2.75, 3.05) is 5.32 Å². The number of carbonyl (C=O) groups is 2. The maximum Gasteiger partial charge on any atom is 0.387 e. The van der Waals surface area contributed by atoms with E-state index < -0.39 is 30.1 Å². The lowest BCUT2D eigenvalue weighted by Crippen LogP contribution is -2.34. The summed E-state index contributed by atoms with van der Waals surface area (Å²) < 4.78 is 42.2. The lowest BCUT2D eigenvalue weighted by atomic mass is 10.2. The summed E-state index contributed by atoms with van der Waals surface area (Å²) in [4.78, 5) is 23.8. The molecule has 2 aromatic carbocycles. The van der Waals surface area contributed by atoms with Gasteiger partial charge in [0.1, 0.15) is 5.82 Å². The first kappa shape index (κ1) is 18.9. The summed E-state index contributed by atoms with van der Waals surface area (Å²) in [5.74, 6) is -2.10. The number of amides is 3. The second kappa shape index (κ2) is 8.09.